The minimum absolute atomic E-state index is 0.227. The predicted octanol–water partition coefficient (Wildman–Crippen LogP) is 3.09. The average molecular weight is 445 g/mol. The number of ether oxygens (including phenoxy) is 2. The fourth-order valence-corrected chi connectivity index (χ4v) is 3.01. The van der Waals surface area contributed by atoms with Crippen molar-refractivity contribution >= 4 is 33.8 Å². The van der Waals surface area contributed by atoms with Crippen molar-refractivity contribution in [2.75, 3.05) is 33.4 Å². The molecule has 1 fully saturated rings. The van der Waals surface area contributed by atoms with Gasteiger partial charge in [-0.2, -0.15) is 0 Å². The van der Waals surface area contributed by atoms with Gasteiger partial charge in [0.1, 0.15) is 11.4 Å². The SMILES string of the molecule is COc1ccc(C(=O)N/C(=C\c2ccc(Br)cc2)C(=O)N2CCOCC2)cc1. The van der Waals surface area contributed by atoms with E-state index in [1.165, 1.54) is 0 Å². The van der Waals surface area contributed by atoms with Crippen LogP contribution in [0, 0.1) is 0 Å². The Bertz CT molecular complexity index is 857. The van der Waals surface area contributed by atoms with Gasteiger partial charge in [-0.15, -0.1) is 0 Å². The number of hydrogen-bond donors (Lipinski definition) is 1. The number of carbonyl (C=O) groups is 2. The summed E-state index contributed by atoms with van der Waals surface area (Å²) < 4.78 is 11.4. The maximum atomic E-state index is 13.0. The number of carbonyl (C=O) groups excluding carboxylic acids is 2. The lowest BCUT2D eigenvalue weighted by atomic mass is 10.1. The van der Waals surface area contributed by atoms with E-state index in [-0.39, 0.29) is 17.5 Å². The highest BCUT2D eigenvalue weighted by Crippen LogP contribution is 2.16. The molecule has 1 aliphatic rings. The highest BCUT2D eigenvalue weighted by molar-refractivity contribution is 9.10. The first-order valence-electron chi connectivity index (χ1n) is 8.86. The van der Waals surface area contributed by atoms with E-state index in [0.29, 0.717) is 37.6 Å². The molecule has 146 valence electrons. The number of halogens is 1. The van der Waals surface area contributed by atoms with Gasteiger partial charge in [0, 0.05) is 23.1 Å². The molecule has 2 amide bonds. The van der Waals surface area contributed by atoms with Gasteiger partial charge in [-0.25, -0.2) is 0 Å². The molecule has 6 nitrogen and oxygen atoms in total. The Morgan fingerprint density at radius 2 is 1.71 bits per heavy atom. The summed E-state index contributed by atoms with van der Waals surface area (Å²) in [5.41, 5.74) is 1.48. The second-order valence-corrected chi connectivity index (χ2v) is 7.11. The lowest BCUT2D eigenvalue weighted by molar-refractivity contribution is -0.131. The van der Waals surface area contributed by atoms with Crippen LogP contribution in [-0.2, 0) is 9.53 Å². The number of rotatable bonds is 5. The first-order valence-corrected chi connectivity index (χ1v) is 9.66. The van der Waals surface area contributed by atoms with Gasteiger partial charge in [0.25, 0.3) is 11.8 Å². The fraction of sp³-hybridized carbons (Fsp3) is 0.238. The summed E-state index contributed by atoms with van der Waals surface area (Å²) in [4.78, 5) is 27.4. The van der Waals surface area contributed by atoms with Crippen LogP contribution in [0.25, 0.3) is 6.08 Å². The summed E-state index contributed by atoms with van der Waals surface area (Å²) in [6, 6.07) is 14.2. The number of hydrogen-bond acceptors (Lipinski definition) is 4. The van der Waals surface area contributed by atoms with Gasteiger partial charge in [0.2, 0.25) is 0 Å². The van der Waals surface area contributed by atoms with Crippen molar-refractivity contribution in [1.29, 1.82) is 0 Å². The number of morpholine rings is 1. The smallest absolute Gasteiger partial charge is 0.270 e. The van der Waals surface area contributed by atoms with Crippen LogP contribution in [0.15, 0.2) is 58.7 Å². The quantitative estimate of drug-likeness (QED) is 0.719. The van der Waals surface area contributed by atoms with Gasteiger partial charge in [-0.05, 0) is 48.0 Å². The van der Waals surface area contributed by atoms with Crippen molar-refractivity contribution < 1.29 is 19.1 Å². The summed E-state index contributed by atoms with van der Waals surface area (Å²) in [5, 5.41) is 2.77. The molecule has 0 aliphatic carbocycles. The molecule has 3 rings (SSSR count). The molecular formula is C21H21BrN2O4. The predicted molar refractivity (Wildman–Crippen MR) is 110 cm³/mol. The molecule has 28 heavy (non-hydrogen) atoms. The molecule has 0 aromatic heterocycles. The van der Waals surface area contributed by atoms with Crippen molar-refractivity contribution in [3.8, 4) is 5.75 Å². The first-order chi connectivity index (χ1) is 13.6. The monoisotopic (exact) mass is 444 g/mol. The molecule has 0 saturated carbocycles. The molecule has 1 heterocycles. The highest BCUT2D eigenvalue weighted by Gasteiger charge is 2.22. The Balaban J connectivity index is 1.84. The Hall–Kier alpha value is -2.64. The van der Waals surface area contributed by atoms with Crippen molar-refractivity contribution in [3.63, 3.8) is 0 Å². The van der Waals surface area contributed by atoms with Crippen LogP contribution < -0.4 is 10.1 Å². The molecule has 7 heteroatoms. The molecule has 0 spiro atoms. The molecule has 1 aliphatic heterocycles. The number of benzene rings is 2. The molecule has 0 unspecified atom stereocenters. The van der Waals surface area contributed by atoms with Gasteiger partial charge < -0.3 is 19.7 Å². The number of methoxy groups -OCH3 is 1. The largest absolute Gasteiger partial charge is 0.497 e. The van der Waals surface area contributed by atoms with Gasteiger partial charge in [-0.3, -0.25) is 9.59 Å². The summed E-state index contributed by atoms with van der Waals surface area (Å²) >= 11 is 3.40. The van der Waals surface area contributed by atoms with Gasteiger partial charge in [0.15, 0.2) is 0 Å². The Morgan fingerprint density at radius 1 is 1.07 bits per heavy atom. The Kier molecular flexibility index (Phi) is 6.84. The Labute approximate surface area is 172 Å². The van der Waals surface area contributed by atoms with E-state index in [2.05, 4.69) is 21.2 Å². The van der Waals surface area contributed by atoms with Crippen LogP contribution in [0.1, 0.15) is 15.9 Å². The van der Waals surface area contributed by atoms with Crippen molar-refractivity contribution in [2.24, 2.45) is 0 Å². The van der Waals surface area contributed by atoms with E-state index in [4.69, 9.17) is 9.47 Å². The lowest BCUT2D eigenvalue weighted by Crippen LogP contribution is -2.44. The molecule has 0 atom stereocenters. The van der Waals surface area contributed by atoms with Crippen LogP contribution in [0.3, 0.4) is 0 Å². The zero-order valence-corrected chi connectivity index (χ0v) is 17.1. The van der Waals surface area contributed by atoms with Gasteiger partial charge in [-0.1, -0.05) is 28.1 Å². The van der Waals surface area contributed by atoms with Crippen molar-refractivity contribution in [1.82, 2.24) is 10.2 Å². The third kappa shape index (κ3) is 5.21. The van der Waals surface area contributed by atoms with Crippen LogP contribution >= 0.6 is 15.9 Å². The topological polar surface area (TPSA) is 67.9 Å². The van der Waals surface area contributed by atoms with E-state index in [9.17, 15) is 9.59 Å². The second-order valence-electron chi connectivity index (χ2n) is 6.20. The van der Waals surface area contributed by atoms with E-state index in [1.807, 2.05) is 24.3 Å². The third-order valence-electron chi connectivity index (χ3n) is 4.31. The van der Waals surface area contributed by atoms with E-state index in [0.717, 1.165) is 10.0 Å². The van der Waals surface area contributed by atoms with Crippen LogP contribution in [0.5, 0.6) is 5.75 Å². The lowest BCUT2D eigenvalue weighted by Gasteiger charge is -2.27. The molecular weight excluding hydrogens is 424 g/mol. The van der Waals surface area contributed by atoms with E-state index >= 15 is 0 Å². The minimum atomic E-state index is -0.354. The molecule has 0 bridgehead atoms. The summed E-state index contributed by atoms with van der Waals surface area (Å²) in [6.07, 6.45) is 1.69. The van der Waals surface area contributed by atoms with E-state index < -0.39 is 0 Å². The highest BCUT2D eigenvalue weighted by atomic mass is 79.9. The van der Waals surface area contributed by atoms with Crippen LogP contribution in [0.4, 0.5) is 0 Å². The fourth-order valence-electron chi connectivity index (χ4n) is 2.75. The maximum absolute atomic E-state index is 13.0. The molecule has 2 aromatic rings. The number of amides is 2. The summed E-state index contributed by atoms with van der Waals surface area (Å²) in [6.45, 7) is 1.97. The van der Waals surface area contributed by atoms with E-state index in [1.54, 1.807) is 42.4 Å². The summed E-state index contributed by atoms with van der Waals surface area (Å²) in [5.74, 6) is 0.0762. The maximum Gasteiger partial charge on any atom is 0.270 e. The molecule has 0 radical (unpaired) electrons. The van der Waals surface area contributed by atoms with Gasteiger partial charge >= 0.3 is 0 Å². The second kappa shape index (κ2) is 9.52. The zero-order valence-electron chi connectivity index (χ0n) is 15.5. The van der Waals surface area contributed by atoms with Crippen molar-refractivity contribution in [2.45, 2.75) is 0 Å². The number of nitrogens with one attached hydrogen (secondary N) is 1. The Morgan fingerprint density at radius 3 is 2.32 bits per heavy atom. The number of nitrogens with zero attached hydrogens (tertiary/aromatic N) is 1. The minimum Gasteiger partial charge on any atom is -0.497 e. The molecule has 1 saturated heterocycles. The van der Waals surface area contributed by atoms with Crippen molar-refractivity contribution in [3.05, 3.63) is 69.8 Å². The first kappa shape index (κ1) is 20.1. The summed E-state index contributed by atoms with van der Waals surface area (Å²) in [7, 11) is 1.56. The molecule has 1 N–H and O–H groups in total. The zero-order chi connectivity index (χ0) is 19.9. The average Bonchev–Trinajstić information content (AvgIpc) is 2.75. The standard InChI is InChI=1S/C21H21BrN2O4/c1-27-18-8-4-16(5-9-18)20(25)23-19(14-15-2-6-17(22)7-3-15)21(26)24-10-12-28-13-11-24/h2-9,14H,10-13H2,1H3,(H,23,25)/b19-14-. The van der Waals surface area contributed by atoms with Gasteiger partial charge in [0.05, 0.1) is 20.3 Å². The van der Waals surface area contributed by atoms with Crippen LogP contribution in [0.2, 0.25) is 0 Å². The normalized spacial score (nSPS) is 14.5. The molecule has 2 aromatic carbocycles. The van der Waals surface area contributed by atoms with Crippen LogP contribution in [-0.4, -0.2) is 50.1 Å². The third-order valence-corrected chi connectivity index (χ3v) is 4.84.